The molecule has 0 unspecified atom stereocenters. The SMILES string of the molecule is CC(=O)Nc1ccc(Nc2cc(C)nc(-c3ccc(C(=O)N4CCN(C)CC4)cc3)n2)cc1. The molecule has 170 valence electrons. The topological polar surface area (TPSA) is 90.5 Å². The van der Waals surface area contributed by atoms with E-state index in [1.165, 1.54) is 6.92 Å². The van der Waals surface area contributed by atoms with Crippen LogP contribution < -0.4 is 10.6 Å². The molecule has 0 spiro atoms. The van der Waals surface area contributed by atoms with Gasteiger partial charge in [0, 0.05) is 67.4 Å². The third-order valence-electron chi connectivity index (χ3n) is 5.51. The molecule has 0 saturated carbocycles. The molecule has 1 fully saturated rings. The van der Waals surface area contributed by atoms with Crippen LogP contribution >= 0.6 is 0 Å². The Bertz CT molecular complexity index is 1140. The molecule has 0 radical (unpaired) electrons. The summed E-state index contributed by atoms with van der Waals surface area (Å²) < 4.78 is 0. The monoisotopic (exact) mass is 444 g/mol. The van der Waals surface area contributed by atoms with E-state index in [0.717, 1.165) is 48.8 Å². The van der Waals surface area contributed by atoms with Crippen LogP contribution in [0, 0.1) is 6.92 Å². The number of carbonyl (C=O) groups is 2. The van der Waals surface area contributed by atoms with Gasteiger partial charge >= 0.3 is 0 Å². The van der Waals surface area contributed by atoms with E-state index in [1.54, 1.807) is 0 Å². The number of nitrogens with one attached hydrogen (secondary N) is 2. The number of nitrogens with zero attached hydrogens (tertiary/aromatic N) is 4. The van der Waals surface area contributed by atoms with Crippen molar-refractivity contribution in [3.05, 3.63) is 65.9 Å². The average Bonchev–Trinajstić information content (AvgIpc) is 2.80. The number of anilines is 3. The highest BCUT2D eigenvalue weighted by atomic mass is 16.2. The van der Waals surface area contributed by atoms with Crippen molar-refractivity contribution >= 4 is 29.0 Å². The number of likely N-dealkylation sites (N-methyl/N-ethyl adjacent to an activating group) is 1. The summed E-state index contributed by atoms with van der Waals surface area (Å²) in [5.41, 5.74) is 3.93. The fourth-order valence-electron chi connectivity index (χ4n) is 3.70. The first-order valence-electron chi connectivity index (χ1n) is 11.0. The third kappa shape index (κ3) is 5.72. The zero-order valence-electron chi connectivity index (χ0n) is 19.1. The van der Waals surface area contributed by atoms with Crippen LogP contribution in [-0.4, -0.2) is 64.8 Å². The highest BCUT2D eigenvalue weighted by molar-refractivity contribution is 5.94. The van der Waals surface area contributed by atoms with Crippen LogP contribution in [0.2, 0.25) is 0 Å². The van der Waals surface area contributed by atoms with Gasteiger partial charge < -0.3 is 20.4 Å². The van der Waals surface area contributed by atoms with Crippen molar-refractivity contribution in [2.24, 2.45) is 0 Å². The zero-order valence-corrected chi connectivity index (χ0v) is 19.1. The van der Waals surface area contributed by atoms with E-state index in [9.17, 15) is 9.59 Å². The Labute approximate surface area is 193 Å². The second-order valence-corrected chi connectivity index (χ2v) is 8.27. The maximum absolute atomic E-state index is 12.8. The molecule has 2 heterocycles. The first kappa shape index (κ1) is 22.4. The molecule has 1 aliphatic heterocycles. The van der Waals surface area contributed by atoms with Crippen molar-refractivity contribution in [3.63, 3.8) is 0 Å². The number of hydrogen-bond acceptors (Lipinski definition) is 6. The molecule has 8 heteroatoms. The molecular weight excluding hydrogens is 416 g/mol. The number of amides is 2. The van der Waals surface area contributed by atoms with Crippen molar-refractivity contribution < 1.29 is 9.59 Å². The van der Waals surface area contributed by atoms with Crippen molar-refractivity contribution in [1.29, 1.82) is 0 Å². The second kappa shape index (κ2) is 9.79. The molecule has 2 aromatic carbocycles. The Hall–Kier alpha value is -3.78. The van der Waals surface area contributed by atoms with Gasteiger partial charge in [-0.15, -0.1) is 0 Å². The summed E-state index contributed by atoms with van der Waals surface area (Å²) >= 11 is 0. The van der Waals surface area contributed by atoms with E-state index in [1.807, 2.05) is 66.4 Å². The van der Waals surface area contributed by atoms with E-state index < -0.39 is 0 Å². The smallest absolute Gasteiger partial charge is 0.253 e. The van der Waals surface area contributed by atoms with Gasteiger partial charge in [0.1, 0.15) is 5.82 Å². The minimum Gasteiger partial charge on any atom is -0.340 e. The Morgan fingerprint density at radius 2 is 1.52 bits per heavy atom. The molecule has 0 aliphatic carbocycles. The summed E-state index contributed by atoms with van der Waals surface area (Å²) in [5.74, 6) is 1.21. The Balaban J connectivity index is 1.48. The Morgan fingerprint density at radius 1 is 0.879 bits per heavy atom. The lowest BCUT2D eigenvalue weighted by Gasteiger charge is -2.32. The van der Waals surface area contributed by atoms with E-state index in [4.69, 9.17) is 0 Å². The van der Waals surface area contributed by atoms with E-state index in [-0.39, 0.29) is 11.8 Å². The second-order valence-electron chi connectivity index (χ2n) is 8.27. The van der Waals surface area contributed by atoms with Gasteiger partial charge in [0.05, 0.1) is 0 Å². The molecular formula is C25H28N6O2. The highest BCUT2D eigenvalue weighted by Crippen LogP contribution is 2.22. The zero-order chi connectivity index (χ0) is 23.4. The van der Waals surface area contributed by atoms with Crippen LogP contribution in [0.3, 0.4) is 0 Å². The number of rotatable bonds is 5. The van der Waals surface area contributed by atoms with Gasteiger partial charge in [-0.2, -0.15) is 0 Å². The van der Waals surface area contributed by atoms with E-state index in [2.05, 4.69) is 32.5 Å². The molecule has 2 N–H and O–H groups in total. The molecule has 1 aliphatic rings. The maximum Gasteiger partial charge on any atom is 0.253 e. The number of aromatic nitrogens is 2. The molecule has 33 heavy (non-hydrogen) atoms. The summed E-state index contributed by atoms with van der Waals surface area (Å²) in [5, 5.41) is 6.03. The molecule has 8 nitrogen and oxygen atoms in total. The molecule has 3 aromatic rings. The number of piperazine rings is 1. The number of hydrogen-bond donors (Lipinski definition) is 2. The fraction of sp³-hybridized carbons (Fsp3) is 0.280. The fourth-order valence-corrected chi connectivity index (χ4v) is 3.70. The normalized spacial score (nSPS) is 14.1. The lowest BCUT2D eigenvalue weighted by molar-refractivity contribution is -0.114. The largest absolute Gasteiger partial charge is 0.340 e. The standard InChI is InChI=1S/C25H28N6O2/c1-17-16-23(28-22-10-8-21(9-11-22)27-18(2)32)29-24(26-17)19-4-6-20(7-5-19)25(33)31-14-12-30(3)13-15-31/h4-11,16H,12-15H2,1-3H3,(H,27,32)(H,26,28,29). The van der Waals surface area contributed by atoms with Crippen LogP contribution in [0.1, 0.15) is 23.0 Å². The van der Waals surface area contributed by atoms with Crippen LogP contribution in [0.5, 0.6) is 0 Å². The summed E-state index contributed by atoms with van der Waals surface area (Å²) in [6.07, 6.45) is 0. The van der Waals surface area contributed by atoms with Gasteiger partial charge in [-0.3, -0.25) is 9.59 Å². The number of aryl methyl sites for hydroxylation is 1. The summed E-state index contributed by atoms with van der Waals surface area (Å²) in [6.45, 7) is 6.69. The molecule has 0 bridgehead atoms. The van der Waals surface area contributed by atoms with Gasteiger partial charge in [0.2, 0.25) is 5.91 Å². The lowest BCUT2D eigenvalue weighted by Crippen LogP contribution is -2.47. The van der Waals surface area contributed by atoms with Gasteiger partial charge in [-0.05, 0) is 50.4 Å². The Kier molecular flexibility index (Phi) is 6.65. The van der Waals surface area contributed by atoms with Gasteiger partial charge in [-0.25, -0.2) is 9.97 Å². The average molecular weight is 445 g/mol. The molecule has 1 saturated heterocycles. The first-order valence-corrected chi connectivity index (χ1v) is 11.0. The van der Waals surface area contributed by atoms with Gasteiger partial charge in [-0.1, -0.05) is 12.1 Å². The minimum absolute atomic E-state index is 0.0601. The number of benzene rings is 2. The highest BCUT2D eigenvalue weighted by Gasteiger charge is 2.20. The van der Waals surface area contributed by atoms with Gasteiger partial charge in [0.25, 0.3) is 5.91 Å². The molecule has 4 rings (SSSR count). The van der Waals surface area contributed by atoms with Crippen LogP contribution in [0.25, 0.3) is 11.4 Å². The molecule has 1 aromatic heterocycles. The van der Waals surface area contributed by atoms with Crippen LogP contribution in [0.15, 0.2) is 54.6 Å². The lowest BCUT2D eigenvalue weighted by atomic mass is 10.1. The first-order chi connectivity index (χ1) is 15.9. The quantitative estimate of drug-likeness (QED) is 0.626. The predicted octanol–water partition coefficient (Wildman–Crippen LogP) is 3.54. The molecule has 2 amide bonds. The summed E-state index contributed by atoms with van der Waals surface area (Å²) in [7, 11) is 2.07. The summed E-state index contributed by atoms with van der Waals surface area (Å²) in [6, 6.07) is 16.8. The molecule has 0 atom stereocenters. The van der Waals surface area contributed by atoms with E-state index in [0.29, 0.717) is 17.2 Å². The van der Waals surface area contributed by atoms with Crippen molar-refractivity contribution in [2.75, 3.05) is 43.9 Å². The third-order valence-corrected chi connectivity index (χ3v) is 5.51. The van der Waals surface area contributed by atoms with Crippen LogP contribution in [0.4, 0.5) is 17.2 Å². The minimum atomic E-state index is -0.108. The maximum atomic E-state index is 12.8. The predicted molar refractivity (Wildman–Crippen MR) is 130 cm³/mol. The van der Waals surface area contributed by atoms with E-state index >= 15 is 0 Å². The van der Waals surface area contributed by atoms with Crippen molar-refractivity contribution in [3.8, 4) is 11.4 Å². The van der Waals surface area contributed by atoms with Crippen molar-refractivity contribution in [2.45, 2.75) is 13.8 Å². The van der Waals surface area contributed by atoms with Crippen LogP contribution in [-0.2, 0) is 4.79 Å². The Morgan fingerprint density at radius 3 is 2.15 bits per heavy atom. The van der Waals surface area contributed by atoms with Gasteiger partial charge in [0.15, 0.2) is 5.82 Å². The summed E-state index contributed by atoms with van der Waals surface area (Å²) in [4.78, 5) is 37.3. The van der Waals surface area contributed by atoms with Crippen molar-refractivity contribution in [1.82, 2.24) is 19.8 Å². The number of carbonyl (C=O) groups excluding carboxylic acids is 2.